The van der Waals surface area contributed by atoms with E-state index in [0.29, 0.717) is 0 Å². The summed E-state index contributed by atoms with van der Waals surface area (Å²) in [4.78, 5) is 29.6. The number of carboxylic acids is 1. The molecule has 5 nitrogen and oxygen atoms in total. The molecule has 0 aromatic rings. The number of hydrogen-bond acceptors (Lipinski definition) is 4. The van der Waals surface area contributed by atoms with Crippen LogP contribution in [-0.4, -0.2) is 34.4 Å². The van der Waals surface area contributed by atoms with Gasteiger partial charge >= 0.3 is 5.97 Å². The Morgan fingerprint density at radius 1 is 1.50 bits per heavy atom. The van der Waals surface area contributed by atoms with Gasteiger partial charge in [0, 0.05) is 0 Å². The van der Waals surface area contributed by atoms with Gasteiger partial charge in [-0.15, -0.1) is 0 Å². The van der Waals surface area contributed by atoms with Gasteiger partial charge in [0.15, 0.2) is 0 Å². The highest BCUT2D eigenvalue weighted by Gasteiger charge is 2.15. The van der Waals surface area contributed by atoms with E-state index in [1.54, 1.807) is 0 Å². The Morgan fingerprint density at radius 3 is 2.30 bits per heavy atom. The number of hydrogen-bond donors (Lipinski definition) is 2. The Labute approximate surface area is 56.3 Å². The molecule has 1 atom stereocenters. The molecule has 2 N–H and O–H groups in total. The van der Waals surface area contributed by atoms with Crippen molar-refractivity contribution in [1.82, 2.24) is 0 Å². The molecule has 0 aliphatic rings. The molecule has 0 amide bonds. The van der Waals surface area contributed by atoms with Crippen LogP contribution < -0.4 is 0 Å². The summed E-state index contributed by atoms with van der Waals surface area (Å²) < 4.78 is 0. The van der Waals surface area contributed by atoms with Gasteiger partial charge in [-0.2, -0.15) is 0 Å². The van der Waals surface area contributed by atoms with Gasteiger partial charge in [-0.05, 0) is 0 Å². The number of aldehydes is 1. The highest BCUT2D eigenvalue weighted by Crippen LogP contribution is 1.88. The third-order valence-corrected chi connectivity index (χ3v) is 0.790. The monoisotopic (exact) mass is 146 g/mol. The summed E-state index contributed by atoms with van der Waals surface area (Å²) in [6.45, 7) is 0. The van der Waals surface area contributed by atoms with Crippen molar-refractivity contribution < 1.29 is 24.6 Å². The zero-order valence-corrected chi connectivity index (χ0v) is 4.98. The molecule has 0 rings (SSSR count). The summed E-state index contributed by atoms with van der Waals surface area (Å²) in [6, 6.07) is 0. The summed E-state index contributed by atoms with van der Waals surface area (Å²) in [5.74, 6) is -2.81. The molecule has 0 fully saturated rings. The predicted molar refractivity (Wildman–Crippen MR) is 29.3 cm³/mol. The lowest BCUT2D eigenvalue weighted by Crippen LogP contribution is -2.20. The van der Waals surface area contributed by atoms with E-state index in [1.165, 1.54) is 0 Å². The molecule has 5 heteroatoms. The number of ketones is 1. The van der Waals surface area contributed by atoms with Gasteiger partial charge < -0.3 is 15.0 Å². The summed E-state index contributed by atoms with van der Waals surface area (Å²) in [5, 5.41) is 16.4. The van der Waals surface area contributed by atoms with Gasteiger partial charge in [-0.3, -0.25) is 4.79 Å². The standard InChI is InChI=1S/C5H6O5/c6-2-3(7)1-4(8)5(9)10/h2-3,7H,1H2,(H,9,10). The lowest BCUT2D eigenvalue weighted by molar-refractivity contribution is -0.150. The Hall–Kier alpha value is -1.23. The van der Waals surface area contributed by atoms with Gasteiger partial charge in [0.2, 0.25) is 5.78 Å². The average Bonchev–Trinajstić information content (AvgIpc) is 1.87. The molecule has 0 aliphatic carbocycles. The summed E-state index contributed by atoms with van der Waals surface area (Å²) in [5.41, 5.74) is 0. The van der Waals surface area contributed by atoms with Crippen LogP contribution in [0.1, 0.15) is 6.42 Å². The van der Waals surface area contributed by atoms with Crippen LogP contribution in [0, 0.1) is 0 Å². The second kappa shape index (κ2) is 3.73. The van der Waals surface area contributed by atoms with Crippen molar-refractivity contribution in [2.75, 3.05) is 0 Å². The summed E-state index contributed by atoms with van der Waals surface area (Å²) in [6.07, 6.45) is -2.04. The lowest BCUT2D eigenvalue weighted by Gasteiger charge is -1.95. The van der Waals surface area contributed by atoms with Crippen molar-refractivity contribution in [2.24, 2.45) is 0 Å². The Kier molecular flexibility index (Phi) is 3.27. The van der Waals surface area contributed by atoms with E-state index in [4.69, 9.17) is 10.2 Å². The number of Topliss-reactive ketones (excluding diaryl/α,β-unsaturated/α-hetero) is 1. The number of aliphatic hydroxyl groups excluding tert-OH is 1. The number of aliphatic hydroxyl groups is 1. The first-order valence-corrected chi connectivity index (χ1v) is 2.47. The number of aliphatic carboxylic acids is 1. The van der Waals surface area contributed by atoms with Crippen molar-refractivity contribution in [3.8, 4) is 0 Å². The van der Waals surface area contributed by atoms with Crippen LogP contribution in [0.4, 0.5) is 0 Å². The van der Waals surface area contributed by atoms with Gasteiger partial charge in [-0.1, -0.05) is 0 Å². The highest BCUT2D eigenvalue weighted by atomic mass is 16.4. The van der Waals surface area contributed by atoms with Crippen molar-refractivity contribution >= 4 is 18.0 Å². The molecular weight excluding hydrogens is 140 g/mol. The third kappa shape index (κ3) is 2.93. The van der Waals surface area contributed by atoms with E-state index in [2.05, 4.69) is 0 Å². The van der Waals surface area contributed by atoms with E-state index in [-0.39, 0.29) is 6.29 Å². The second-order valence-electron chi connectivity index (χ2n) is 1.64. The molecule has 0 saturated carbocycles. The Balaban J connectivity index is 3.79. The van der Waals surface area contributed by atoms with E-state index in [9.17, 15) is 14.4 Å². The quantitative estimate of drug-likeness (QED) is 0.375. The van der Waals surface area contributed by atoms with Crippen molar-refractivity contribution in [1.29, 1.82) is 0 Å². The normalized spacial score (nSPS) is 12.1. The Morgan fingerprint density at radius 2 is 2.00 bits per heavy atom. The molecular formula is C5H6O5. The smallest absolute Gasteiger partial charge is 0.372 e. The van der Waals surface area contributed by atoms with Crippen LogP contribution in [0.25, 0.3) is 0 Å². The summed E-state index contributed by atoms with van der Waals surface area (Å²) >= 11 is 0. The highest BCUT2D eigenvalue weighted by molar-refractivity contribution is 6.33. The van der Waals surface area contributed by atoms with E-state index in [1.807, 2.05) is 0 Å². The lowest BCUT2D eigenvalue weighted by atomic mass is 10.2. The molecule has 0 radical (unpaired) electrons. The molecule has 0 spiro atoms. The molecule has 0 heterocycles. The van der Waals surface area contributed by atoms with Gasteiger partial charge in [-0.25, -0.2) is 4.79 Å². The van der Waals surface area contributed by atoms with Crippen molar-refractivity contribution in [2.45, 2.75) is 12.5 Å². The average molecular weight is 146 g/mol. The van der Waals surface area contributed by atoms with Gasteiger partial charge in [0.25, 0.3) is 0 Å². The maximum atomic E-state index is 10.2. The summed E-state index contributed by atoms with van der Waals surface area (Å²) in [7, 11) is 0. The zero-order valence-electron chi connectivity index (χ0n) is 4.98. The number of carbonyl (C=O) groups excluding carboxylic acids is 2. The van der Waals surface area contributed by atoms with Crippen LogP contribution in [0.2, 0.25) is 0 Å². The molecule has 0 aromatic heterocycles. The van der Waals surface area contributed by atoms with Crippen LogP contribution in [0.5, 0.6) is 0 Å². The second-order valence-corrected chi connectivity index (χ2v) is 1.64. The number of carboxylic acid groups (broad SMARTS) is 1. The largest absolute Gasteiger partial charge is 0.475 e. The zero-order chi connectivity index (χ0) is 8.15. The minimum atomic E-state index is -1.64. The van der Waals surface area contributed by atoms with E-state index < -0.39 is 24.3 Å². The topological polar surface area (TPSA) is 91.7 Å². The Bertz CT molecular complexity index is 161. The maximum absolute atomic E-state index is 10.2. The van der Waals surface area contributed by atoms with E-state index >= 15 is 0 Å². The van der Waals surface area contributed by atoms with Crippen LogP contribution in [0.15, 0.2) is 0 Å². The van der Waals surface area contributed by atoms with Crippen LogP contribution >= 0.6 is 0 Å². The first kappa shape index (κ1) is 8.77. The molecule has 56 valence electrons. The third-order valence-electron chi connectivity index (χ3n) is 0.790. The van der Waals surface area contributed by atoms with Gasteiger partial charge in [0.05, 0.1) is 6.42 Å². The minimum Gasteiger partial charge on any atom is -0.475 e. The van der Waals surface area contributed by atoms with Crippen molar-refractivity contribution in [3.63, 3.8) is 0 Å². The van der Waals surface area contributed by atoms with Crippen LogP contribution in [0.3, 0.4) is 0 Å². The van der Waals surface area contributed by atoms with E-state index in [0.717, 1.165) is 0 Å². The minimum absolute atomic E-state index is 0.112. The molecule has 10 heavy (non-hydrogen) atoms. The molecule has 0 aliphatic heterocycles. The molecule has 0 bridgehead atoms. The molecule has 0 saturated heterocycles. The molecule has 1 unspecified atom stereocenters. The fourth-order valence-corrected chi connectivity index (χ4v) is 0.325. The van der Waals surface area contributed by atoms with Crippen molar-refractivity contribution in [3.05, 3.63) is 0 Å². The first-order valence-electron chi connectivity index (χ1n) is 2.47. The fraction of sp³-hybridized carbons (Fsp3) is 0.400. The SMILES string of the molecule is O=CC(O)CC(=O)C(=O)O. The predicted octanol–water partition coefficient (Wildman–Crippen LogP) is -1.41. The molecule has 0 aromatic carbocycles. The number of carbonyl (C=O) groups is 3. The maximum Gasteiger partial charge on any atom is 0.372 e. The fourth-order valence-electron chi connectivity index (χ4n) is 0.325. The van der Waals surface area contributed by atoms with Gasteiger partial charge in [0.1, 0.15) is 12.4 Å². The number of rotatable bonds is 4. The first-order chi connectivity index (χ1) is 4.57. The van der Waals surface area contributed by atoms with Crippen LogP contribution in [-0.2, 0) is 14.4 Å².